The predicted octanol–water partition coefficient (Wildman–Crippen LogP) is 3.67. The quantitative estimate of drug-likeness (QED) is 0.858. The summed E-state index contributed by atoms with van der Waals surface area (Å²) in [5.74, 6) is 2.60. The average Bonchev–Trinajstić information content (AvgIpc) is 3.19. The highest BCUT2D eigenvalue weighted by molar-refractivity contribution is 6.30. The fraction of sp³-hybridized carbons (Fsp3) is 0.625. The Morgan fingerprint density at radius 2 is 2.00 bits per heavy atom. The van der Waals surface area contributed by atoms with Crippen LogP contribution in [0.4, 0.5) is 0 Å². The molecule has 0 heterocycles. The predicted molar refractivity (Wildman–Crippen MR) is 78.9 cm³/mol. The van der Waals surface area contributed by atoms with Crippen LogP contribution in [0.15, 0.2) is 18.2 Å². The molecule has 1 N–H and O–H groups in total. The Morgan fingerprint density at radius 3 is 2.63 bits per heavy atom. The van der Waals surface area contributed by atoms with Gasteiger partial charge in [-0.2, -0.15) is 0 Å². The summed E-state index contributed by atoms with van der Waals surface area (Å²) in [4.78, 5) is 0. The molecule has 1 aromatic carbocycles. The molecule has 2 atom stereocenters. The molecular formula is C16H22ClNO. The van der Waals surface area contributed by atoms with Crippen LogP contribution in [0, 0.1) is 11.8 Å². The molecule has 104 valence electrons. The highest BCUT2D eigenvalue weighted by Gasteiger charge is 2.32. The van der Waals surface area contributed by atoms with Crippen molar-refractivity contribution in [2.45, 2.75) is 38.1 Å². The molecule has 2 unspecified atom stereocenters. The lowest BCUT2D eigenvalue weighted by atomic mass is 9.70. The fourth-order valence-corrected chi connectivity index (χ4v) is 3.16. The van der Waals surface area contributed by atoms with Crippen molar-refractivity contribution in [3.8, 4) is 5.75 Å². The normalized spacial score (nSPS) is 26.0. The smallest absolute Gasteiger partial charge is 0.122 e. The van der Waals surface area contributed by atoms with E-state index in [9.17, 15) is 0 Å². The minimum atomic E-state index is 0.790. The second-order valence-electron chi connectivity index (χ2n) is 5.94. The minimum Gasteiger partial charge on any atom is -0.496 e. The second-order valence-corrected chi connectivity index (χ2v) is 6.38. The Bertz CT molecular complexity index is 444. The molecular weight excluding hydrogens is 258 g/mol. The SMILES string of the molecule is COc1ccc(Cl)cc1CC1CCC1CNC1CC1. The molecule has 0 spiro atoms. The number of rotatable bonds is 6. The van der Waals surface area contributed by atoms with Gasteiger partial charge in [0.2, 0.25) is 0 Å². The van der Waals surface area contributed by atoms with Crippen molar-refractivity contribution in [1.82, 2.24) is 5.32 Å². The molecule has 0 amide bonds. The van der Waals surface area contributed by atoms with Crippen LogP contribution in [0.3, 0.4) is 0 Å². The molecule has 2 aliphatic rings. The summed E-state index contributed by atoms with van der Waals surface area (Å²) in [5, 5.41) is 4.47. The number of nitrogens with one attached hydrogen (secondary N) is 1. The van der Waals surface area contributed by atoms with E-state index < -0.39 is 0 Å². The van der Waals surface area contributed by atoms with Crippen LogP contribution in [0.5, 0.6) is 5.75 Å². The molecule has 0 aliphatic heterocycles. The molecule has 2 saturated carbocycles. The van der Waals surface area contributed by atoms with E-state index in [4.69, 9.17) is 16.3 Å². The zero-order valence-corrected chi connectivity index (χ0v) is 12.2. The van der Waals surface area contributed by atoms with E-state index in [0.717, 1.165) is 35.1 Å². The number of halogens is 1. The first-order valence-corrected chi connectivity index (χ1v) is 7.70. The van der Waals surface area contributed by atoms with Gasteiger partial charge in [0.15, 0.2) is 0 Å². The number of hydrogen-bond acceptors (Lipinski definition) is 2. The monoisotopic (exact) mass is 279 g/mol. The van der Waals surface area contributed by atoms with Crippen LogP contribution in [0.1, 0.15) is 31.2 Å². The lowest BCUT2D eigenvalue weighted by Crippen LogP contribution is -2.37. The number of methoxy groups -OCH3 is 1. The molecule has 2 nitrogen and oxygen atoms in total. The molecule has 2 fully saturated rings. The van der Waals surface area contributed by atoms with Crippen molar-refractivity contribution in [2.24, 2.45) is 11.8 Å². The summed E-state index contributed by atoms with van der Waals surface area (Å²) in [6.07, 6.45) is 6.56. The van der Waals surface area contributed by atoms with Gasteiger partial charge in [0.1, 0.15) is 5.75 Å². The first kappa shape index (κ1) is 13.3. The number of hydrogen-bond donors (Lipinski definition) is 1. The fourth-order valence-electron chi connectivity index (χ4n) is 2.97. The largest absolute Gasteiger partial charge is 0.496 e. The first-order chi connectivity index (χ1) is 9.26. The van der Waals surface area contributed by atoms with Gasteiger partial charge in [-0.1, -0.05) is 11.6 Å². The number of ether oxygens (including phenoxy) is 1. The van der Waals surface area contributed by atoms with Crippen molar-refractivity contribution in [3.63, 3.8) is 0 Å². The van der Waals surface area contributed by atoms with E-state index in [0.29, 0.717) is 0 Å². The summed E-state index contributed by atoms with van der Waals surface area (Å²) >= 11 is 6.10. The van der Waals surface area contributed by atoms with Crippen LogP contribution in [0.25, 0.3) is 0 Å². The van der Waals surface area contributed by atoms with Crippen LogP contribution in [-0.4, -0.2) is 19.7 Å². The minimum absolute atomic E-state index is 0.790. The van der Waals surface area contributed by atoms with Gasteiger partial charge in [-0.05, 0) is 74.2 Å². The Labute approximate surface area is 120 Å². The van der Waals surface area contributed by atoms with Gasteiger partial charge in [-0.15, -0.1) is 0 Å². The van der Waals surface area contributed by atoms with Crippen LogP contribution in [0.2, 0.25) is 5.02 Å². The molecule has 2 aliphatic carbocycles. The zero-order valence-electron chi connectivity index (χ0n) is 11.5. The Hall–Kier alpha value is -0.730. The lowest BCUT2D eigenvalue weighted by Gasteiger charge is -2.37. The summed E-state index contributed by atoms with van der Waals surface area (Å²) in [6, 6.07) is 6.76. The second kappa shape index (κ2) is 5.72. The first-order valence-electron chi connectivity index (χ1n) is 7.32. The van der Waals surface area contributed by atoms with E-state index >= 15 is 0 Å². The molecule has 3 rings (SSSR count). The van der Waals surface area contributed by atoms with Gasteiger partial charge in [-0.3, -0.25) is 0 Å². The maximum absolute atomic E-state index is 6.10. The highest BCUT2D eigenvalue weighted by atomic mass is 35.5. The van der Waals surface area contributed by atoms with Crippen molar-refractivity contribution >= 4 is 11.6 Å². The van der Waals surface area contributed by atoms with E-state index in [1.54, 1.807) is 7.11 Å². The molecule has 0 aromatic heterocycles. The molecule has 1 aromatic rings. The summed E-state index contributed by atoms with van der Waals surface area (Å²) in [6.45, 7) is 1.19. The lowest BCUT2D eigenvalue weighted by molar-refractivity contribution is 0.169. The van der Waals surface area contributed by atoms with Crippen molar-refractivity contribution in [3.05, 3.63) is 28.8 Å². The van der Waals surface area contributed by atoms with Crippen molar-refractivity contribution in [2.75, 3.05) is 13.7 Å². The Kier molecular flexibility index (Phi) is 3.99. The maximum atomic E-state index is 6.10. The third kappa shape index (κ3) is 3.24. The standard InChI is InChI=1S/C16H22ClNO/c1-19-16-7-4-14(17)9-13(16)8-11-2-3-12(11)10-18-15-5-6-15/h4,7,9,11-12,15,18H,2-3,5-6,8,10H2,1H3. The van der Waals surface area contributed by atoms with Gasteiger partial charge < -0.3 is 10.1 Å². The van der Waals surface area contributed by atoms with Crippen LogP contribution < -0.4 is 10.1 Å². The van der Waals surface area contributed by atoms with Crippen LogP contribution in [-0.2, 0) is 6.42 Å². The highest BCUT2D eigenvalue weighted by Crippen LogP contribution is 2.39. The zero-order chi connectivity index (χ0) is 13.2. The van der Waals surface area contributed by atoms with Crippen LogP contribution >= 0.6 is 11.6 Å². The maximum Gasteiger partial charge on any atom is 0.122 e. The van der Waals surface area contributed by atoms with E-state index in [2.05, 4.69) is 11.4 Å². The molecule has 0 radical (unpaired) electrons. The molecule has 0 bridgehead atoms. The summed E-state index contributed by atoms with van der Waals surface area (Å²) < 4.78 is 5.44. The van der Waals surface area contributed by atoms with Gasteiger partial charge in [-0.25, -0.2) is 0 Å². The van der Waals surface area contributed by atoms with E-state index in [-0.39, 0.29) is 0 Å². The molecule has 19 heavy (non-hydrogen) atoms. The van der Waals surface area contributed by atoms with Gasteiger partial charge in [0, 0.05) is 11.1 Å². The number of benzene rings is 1. The third-order valence-electron chi connectivity index (χ3n) is 4.55. The average molecular weight is 280 g/mol. The Balaban J connectivity index is 1.59. The van der Waals surface area contributed by atoms with E-state index in [1.807, 2.05) is 12.1 Å². The third-order valence-corrected chi connectivity index (χ3v) is 4.78. The van der Waals surface area contributed by atoms with Gasteiger partial charge in [0.05, 0.1) is 7.11 Å². The van der Waals surface area contributed by atoms with Gasteiger partial charge >= 0.3 is 0 Å². The Morgan fingerprint density at radius 1 is 1.21 bits per heavy atom. The van der Waals surface area contributed by atoms with Gasteiger partial charge in [0.25, 0.3) is 0 Å². The molecule has 0 saturated heterocycles. The van der Waals surface area contributed by atoms with E-state index in [1.165, 1.54) is 37.8 Å². The topological polar surface area (TPSA) is 21.3 Å². The summed E-state index contributed by atoms with van der Waals surface area (Å²) in [7, 11) is 1.74. The summed E-state index contributed by atoms with van der Waals surface area (Å²) in [5.41, 5.74) is 1.26. The van der Waals surface area contributed by atoms with Crippen molar-refractivity contribution in [1.29, 1.82) is 0 Å². The molecule has 3 heteroatoms. The van der Waals surface area contributed by atoms with Crippen molar-refractivity contribution < 1.29 is 4.74 Å².